The Morgan fingerprint density at radius 3 is 2.88 bits per heavy atom. The lowest BCUT2D eigenvalue weighted by atomic mass is 10.0. The lowest BCUT2D eigenvalue weighted by Crippen LogP contribution is -2.50. The molecule has 0 aromatic carbocycles. The van der Waals surface area contributed by atoms with Crippen LogP contribution in [0.4, 0.5) is 0 Å². The molecule has 0 amide bonds. The summed E-state index contributed by atoms with van der Waals surface area (Å²) in [4.78, 5) is 5.74. The van der Waals surface area contributed by atoms with Crippen molar-refractivity contribution in [2.24, 2.45) is 0 Å². The Labute approximate surface area is 101 Å². The van der Waals surface area contributed by atoms with Gasteiger partial charge in [0.2, 0.25) is 0 Å². The molecule has 1 fully saturated rings. The van der Waals surface area contributed by atoms with Crippen LogP contribution in [-0.2, 0) is 17.7 Å². The number of hydrogen-bond acceptors (Lipinski definition) is 3. The molecule has 2 nitrogen and oxygen atoms in total. The summed E-state index contributed by atoms with van der Waals surface area (Å²) in [7, 11) is 0. The van der Waals surface area contributed by atoms with Crippen LogP contribution >= 0.6 is 11.3 Å². The van der Waals surface area contributed by atoms with Crippen LogP contribution < -0.4 is 0 Å². The minimum absolute atomic E-state index is 0.677. The third-order valence-electron chi connectivity index (χ3n) is 3.64. The van der Waals surface area contributed by atoms with Gasteiger partial charge in [-0.1, -0.05) is 13.8 Å². The van der Waals surface area contributed by atoms with Crippen molar-refractivity contribution < 1.29 is 4.74 Å². The highest BCUT2D eigenvalue weighted by molar-refractivity contribution is 7.12. The number of fused-ring (bicyclic) bond motifs is 1. The molecule has 3 heteroatoms. The summed E-state index contributed by atoms with van der Waals surface area (Å²) in [6.45, 7) is 8.83. The summed E-state index contributed by atoms with van der Waals surface area (Å²) in [6.07, 6.45) is 1.23. The molecule has 0 atom stereocenters. The fourth-order valence-electron chi connectivity index (χ4n) is 2.39. The van der Waals surface area contributed by atoms with Crippen LogP contribution in [0.2, 0.25) is 0 Å². The van der Waals surface area contributed by atoms with Crippen LogP contribution in [0.25, 0.3) is 0 Å². The van der Waals surface area contributed by atoms with E-state index in [0.29, 0.717) is 12.0 Å². The van der Waals surface area contributed by atoms with Gasteiger partial charge < -0.3 is 4.74 Å². The molecule has 1 aromatic heterocycles. The van der Waals surface area contributed by atoms with E-state index in [1.165, 1.54) is 13.0 Å². The Balaban J connectivity index is 1.77. The van der Waals surface area contributed by atoms with E-state index in [2.05, 4.69) is 24.8 Å². The van der Waals surface area contributed by atoms with E-state index < -0.39 is 0 Å². The van der Waals surface area contributed by atoms with Gasteiger partial charge in [-0.25, -0.2) is 0 Å². The fraction of sp³-hybridized carbons (Fsp3) is 0.692. The molecule has 2 aliphatic rings. The normalized spacial score (nSPS) is 22.2. The quantitative estimate of drug-likeness (QED) is 0.784. The lowest BCUT2D eigenvalue weighted by molar-refractivity contribution is -0.0690. The van der Waals surface area contributed by atoms with E-state index in [9.17, 15) is 0 Å². The van der Waals surface area contributed by atoms with Crippen molar-refractivity contribution in [2.75, 3.05) is 19.8 Å². The molecule has 0 radical (unpaired) electrons. The monoisotopic (exact) mass is 237 g/mol. The van der Waals surface area contributed by atoms with Gasteiger partial charge in [0.15, 0.2) is 0 Å². The molecular formula is C13H19NOS. The van der Waals surface area contributed by atoms with Crippen molar-refractivity contribution in [2.45, 2.75) is 38.8 Å². The first-order valence-corrected chi connectivity index (χ1v) is 6.99. The first kappa shape index (κ1) is 10.8. The van der Waals surface area contributed by atoms with Crippen molar-refractivity contribution >= 4 is 11.3 Å². The van der Waals surface area contributed by atoms with E-state index in [0.717, 1.165) is 19.8 Å². The van der Waals surface area contributed by atoms with Gasteiger partial charge >= 0.3 is 0 Å². The summed E-state index contributed by atoms with van der Waals surface area (Å²) in [5.74, 6) is 0.677. The first-order chi connectivity index (χ1) is 7.74. The SMILES string of the molecule is CC(C)c1cc2c(s1)CN(C1COC1)CC2. The van der Waals surface area contributed by atoms with E-state index >= 15 is 0 Å². The van der Waals surface area contributed by atoms with Crippen molar-refractivity contribution in [3.05, 3.63) is 21.4 Å². The average molecular weight is 237 g/mol. The topological polar surface area (TPSA) is 12.5 Å². The summed E-state index contributed by atoms with van der Waals surface area (Å²) >= 11 is 2.02. The van der Waals surface area contributed by atoms with E-state index in [-0.39, 0.29) is 0 Å². The van der Waals surface area contributed by atoms with Crippen LogP contribution in [0.3, 0.4) is 0 Å². The van der Waals surface area contributed by atoms with Crippen LogP contribution in [0.5, 0.6) is 0 Å². The van der Waals surface area contributed by atoms with Crippen LogP contribution in [-0.4, -0.2) is 30.7 Å². The first-order valence-electron chi connectivity index (χ1n) is 6.17. The average Bonchev–Trinajstić information content (AvgIpc) is 2.57. The van der Waals surface area contributed by atoms with Gasteiger partial charge in [0.05, 0.1) is 19.3 Å². The molecule has 88 valence electrons. The summed E-state index contributed by atoms with van der Waals surface area (Å²) in [5, 5.41) is 0. The Morgan fingerprint density at radius 2 is 2.25 bits per heavy atom. The summed E-state index contributed by atoms with van der Waals surface area (Å²) in [5.41, 5.74) is 1.60. The lowest BCUT2D eigenvalue weighted by Gasteiger charge is -2.39. The zero-order valence-corrected chi connectivity index (χ0v) is 10.8. The molecule has 0 unspecified atom stereocenters. The fourth-order valence-corrected chi connectivity index (χ4v) is 3.64. The number of rotatable bonds is 2. The predicted molar refractivity (Wildman–Crippen MR) is 67.1 cm³/mol. The third kappa shape index (κ3) is 1.81. The Bertz CT molecular complexity index is 381. The van der Waals surface area contributed by atoms with Crippen LogP contribution in [0, 0.1) is 0 Å². The Hall–Kier alpha value is -0.380. The zero-order valence-electron chi connectivity index (χ0n) is 10.0. The van der Waals surface area contributed by atoms with Gasteiger partial charge in [0.1, 0.15) is 0 Å². The van der Waals surface area contributed by atoms with Crippen molar-refractivity contribution in [3.8, 4) is 0 Å². The third-order valence-corrected chi connectivity index (χ3v) is 5.10. The second-order valence-corrected chi connectivity index (χ2v) is 6.33. The van der Waals surface area contributed by atoms with E-state index in [1.54, 1.807) is 15.3 Å². The molecule has 0 spiro atoms. The number of hydrogen-bond donors (Lipinski definition) is 0. The van der Waals surface area contributed by atoms with Gasteiger partial charge in [0.25, 0.3) is 0 Å². The molecule has 2 aliphatic heterocycles. The molecule has 0 saturated carbocycles. The minimum Gasteiger partial charge on any atom is -0.378 e. The van der Waals surface area contributed by atoms with Crippen molar-refractivity contribution in [1.82, 2.24) is 4.90 Å². The molecule has 1 saturated heterocycles. The van der Waals surface area contributed by atoms with E-state index in [4.69, 9.17) is 4.74 Å². The molecular weight excluding hydrogens is 218 g/mol. The van der Waals surface area contributed by atoms with Gasteiger partial charge in [-0.2, -0.15) is 0 Å². The summed E-state index contributed by atoms with van der Waals surface area (Å²) < 4.78 is 5.28. The van der Waals surface area contributed by atoms with Gasteiger partial charge in [0, 0.05) is 22.8 Å². The number of nitrogens with zero attached hydrogens (tertiary/aromatic N) is 1. The summed E-state index contributed by atoms with van der Waals surface area (Å²) in [6, 6.07) is 3.12. The van der Waals surface area contributed by atoms with Crippen molar-refractivity contribution in [3.63, 3.8) is 0 Å². The Kier molecular flexibility index (Phi) is 2.78. The van der Waals surface area contributed by atoms with Crippen molar-refractivity contribution in [1.29, 1.82) is 0 Å². The van der Waals surface area contributed by atoms with Crippen LogP contribution in [0.15, 0.2) is 6.07 Å². The maximum absolute atomic E-state index is 5.28. The second-order valence-electron chi connectivity index (χ2n) is 5.16. The highest BCUT2D eigenvalue weighted by Crippen LogP contribution is 2.33. The Morgan fingerprint density at radius 1 is 1.44 bits per heavy atom. The molecule has 0 N–H and O–H groups in total. The minimum atomic E-state index is 0.677. The predicted octanol–water partition coefficient (Wildman–Crippen LogP) is 2.63. The zero-order chi connectivity index (χ0) is 11.1. The molecule has 3 heterocycles. The molecule has 16 heavy (non-hydrogen) atoms. The van der Waals surface area contributed by atoms with E-state index in [1.807, 2.05) is 11.3 Å². The molecule has 1 aromatic rings. The maximum atomic E-state index is 5.28. The van der Waals surface area contributed by atoms with Crippen LogP contribution in [0.1, 0.15) is 35.1 Å². The number of ether oxygens (including phenoxy) is 1. The highest BCUT2D eigenvalue weighted by Gasteiger charge is 2.29. The molecule has 0 bridgehead atoms. The smallest absolute Gasteiger partial charge is 0.0645 e. The maximum Gasteiger partial charge on any atom is 0.0645 e. The van der Waals surface area contributed by atoms with Gasteiger partial charge in [-0.15, -0.1) is 11.3 Å². The number of thiophene rings is 1. The second kappa shape index (κ2) is 4.13. The van der Waals surface area contributed by atoms with Gasteiger partial charge in [-0.3, -0.25) is 4.90 Å². The molecule has 0 aliphatic carbocycles. The largest absolute Gasteiger partial charge is 0.378 e. The standard InChI is InChI=1S/C13H19NOS/c1-9(2)12-5-10-3-4-14(6-13(10)16-12)11-7-15-8-11/h5,9,11H,3-4,6-8H2,1-2H3. The highest BCUT2D eigenvalue weighted by atomic mass is 32.1. The van der Waals surface area contributed by atoms with Gasteiger partial charge in [-0.05, 0) is 24.0 Å². The molecule has 3 rings (SSSR count).